The number of fused-ring (bicyclic) bond motifs is 1. The minimum Gasteiger partial charge on any atom is -0.486 e. The van der Waals surface area contributed by atoms with Crippen LogP contribution in [0.2, 0.25) is 5.02 Å². The molecular weight excluding hydrogens is 608 g/mol. The molecule has 0 aliphatic rings. The molecule has 0 aliphatic carbocycles. The molecule has 4 rings (SSSR count). The molecule has 0 bridgehead atoms. The molecule has 0 aliphatic heterocycles. The van der Waals surface area contributed by atoms with Gasteiger partial charge in [0.2, 0.25) is 0 Å². The first-order valence-electron chi connectivity index (χ1n) is 11.2. The maximum absolute atomic E-state index is 13.3. The van der Waals surface area contributed by atoms with Gasteiger partial charge in [0.15, 0.2) is 5.75 Å². The fourth-order valence-corrected chi connectivity index (χ4v) is 4.95. The summed E-state index contributed by atoms with van der Waals surface area (Å²) in [6.07, 6.45) is 2.38. The van der Waals surface area contributed by atoms with Crippen molar-refractivity contribution in [3.8, 4) is 11.8 Å². The van der Waals surface area contributed by atoms with Crippen LogP contribution in [0.5, 0.6) is 5.75 Å². The predicted octanol–water partition coefficient (Wildman–Crippen LogP) is 7.42. The Hall–Kier alpha value is -2.99. The molecule has 0 N–H and O–H groups in total. The normalized spacial score (nSPS) is 12.1. The van der Waals surface area contributed by atoms with Gasteiger partial charge in [0.1, 0.15) is 12.4 Å². The zero-order valence-electron chi connectivity index (χ0n) is 19.5. The maximum Gasteiger partial charge on any atom is 0.282 e. The van der Waals surface area contributed by atoms with Crippen LogP contribution in [0.15, 0.2) is 73.4 Å². The van der Waals surface area contributed by atoms with Crippen LogP contribution < -0.4 is 10.3 Å². The summed E-state index contributed by atoms with van der Waals surface area (Å²) < 4.78 is 8.69. The zero-order chi connectivity index (χ0) is 25.8. The number of nitrogens with zero attached hydrogens (tertiary/aromatic N) is 4. The number of hydrogen-bond donors (Lipinski definition) is 0. The van der Waals surface area contributed by atoms with Gasteiger partial charge in [0.05, 0.1) is 38.2 Å². The van der Waals surface area contributed by atoms with Gasteiger partial charge in [-0.25, -0.2) is 4.98 Å². The zero-order valence-corrected chi connectivity index (χ0v) is 23.4. The Balaban J connectivity index is 1.67. The molecule has 0 amide bonds. The summed E-state index contributed by atoms with van der Waals surface area (Å²) in [5.74, 6) is 1.08. The van der Waals surface area contributed by atoms with E-state index in [1.165, 1.54) is 4.68 Å². The van der Waals surface area contributed by atoms with E-state index < -0.39 is 0 Å². The Bertz CT molecular complexity index is 1550. The molecule has 3 aromatic carbocycles. The molecular formula is C27H21Br2ClN4O2. The van der Waals surface area contributed by atoms with Crippen molar-refractivity contribution in [1.29, 1.82) is 5.26 Å². The third-order valence-corrected chi connectivity index (χ3v) is 7.10. The van der Waals surface area contributed by atoms with E-state index in [1.807, 2.05) is 38.1 Å². The van der Waals surface area contributed by atoms with E-state index in [0.717, 1.165) is 16.5 Å². The van der Waals surface area contributed by atoms with Gasteiger partial charge in [-0.3, -0.25) is 4.79 Å². The van der Waals surface area contributed by atoms with Crippen molar-refractivity contribution in [3.05, 3.63) is 101 Å². The average Bonchev–Trinajstić information content (AvgIpc) is 2.87. The molecule has 9 heteroatoms. The molecule has 1 atom stereocenters. The summed E-state index contributed by atoms with van der Waals surface area (Å²) in [6.45, 7) is 4.26. The largest absolute Gasteiger partial charge is 0.486 e. The third kappa shape index (κ3) is 5.54. The summed E-state index contributed by atoms with van der Waals surface area (Å²) in [5.41, 5.74) is 2.38. The van der Waals surface area contributed by atoms with Gasteiger partial charge in [0.25, 0.3) is 5.56 Å². The van der Waals surface area contributed by atoms with Crippen LogP contribution >= 0.6 is 43.5 Å². The van der Waals surface area contributed by atoms with Gasteiger partial charge in [-0.05, 0) is 64.3 Å². The molecule has 0 spiro atoms. The first kappa shape index (κ1) is 26.1. The minimum atomic E-state index is -0.242. The minimum absolute atomic E-state index is 0.0327. The summed E-state index contributed by atoms with van der Waals surface area (Å²) in [6, 6.07) is 18.4. The molecule has 4 aromatic rings. The molecule has 0 unspecified atom stereocenters. The number of rotatable bonds is 7. The molecule has 182 valence electrons. The van der Waals surface area contributed by atoms with Crippen LogP contribution in [-0.2, 0) is 6.61 Å². The first-order chi connectivity index (χ1) is 17.3. The number of aromatic nitrogens is 2. The second-order valence-corrected chi connectivity index (χ2v) is 10.4. The monoisotopic (exact) mass is 626 g/mol. The molecule has 1 heterocycles. The van der Waals surface area contributed by atoms with E-state index >= 15 is 0 Å². The van der Waals surface area contributed by atoms with Crippen LogP contribution in [-0.4, -0.2) is 15.9 Å². The van der Waals surface area contributed by atoms with E-state index in [9.17, 15) is 10.1 Å². The van der Waals surface area contributed by atoms with Crippen molar-refractivity contribution in [2.75, 3.05) is 0 Å². The van der Waals surface area contributed by atoms with Crippen molar-refractivity contribution >= 4 is 60.6 Å². The van der Waals surface area contributed by atoms with Crippen LogP contribution in [0.25, 0.3) is 10.9 Å². The van der Waals surface area contributed by atoms with E-state index in [2.05, 4.69) is 43.0 Å². The van der Waals surface area contributed by atoms with Crippen LogP contribution in [0.1, 0.15) is 48.7 Å². The van der Waals surface area contributed by atoms with Gasteiger partial charge in [-0.15, -0.1) is 0 Å². The summed E-state index contributed by atoms with van der Waals surface area (Å²) >= 11 is 13.5. The summed E-state index contributed by atoms with van der Waals surface area (Å²) in [4.78, 5) is 18.0. The Kier molecular flexibility index (Phi) is 8.24. The van der Waals surface area contributed by atoms with Crippen molar-refractivity contribution in [3.63, 3.8) is 0 Å². The molecule has 36 heavy (non-hydrogen) atoms. The lowest BCUT2D eigenvalue weighted by molar-refractivity contribution is 0.304. The lowest BCUT2D eigenvalue weighted by atomic mass is 10.1. The third-order valence-electron chi connectivity index (χ3n) is 5.74. The van der Waals surface area contributed by atoms with Crippen molar-refractivity contribution < 1.29 is 4.74 Å². The predicted molar refractivity (Wildman–Crippen MR) is 150 cm³/mol. The van der Waals surface area contributed by atoms with Crippen molar-refractivity contribution in [1.82, 2.24) is 9.66 Å². The lowest BCUT2D eigenvalue weighted by Gasteiger charge is -2.14. The van der Waals surface area contributed by atoms with Gasteiger partial charge < -0.3 is 4.74 Å². The standard InChI is InChI=1S/C27H21Br2ClN4O2/c1-3-16(2)26-33-24-9-8-20(28)12-21(24)27(35)34(26)32-14-17-10-22(29)25(23(30)11-17)36-15-19-7-5-4-6-18(19)13-31/h4-12,14,16H,3,15H2,1-2H3/t16-/m1/s1. The van der Waals surface area contributed by atoms with Crippen LogP contribution in [0.4, 0.5) is 0 Å². The van der Waals surface area contributed by atoms with E-state index in [1.54, 1.807) is 36.5 Å². The number of ether oxygens (including phenoxy) is 1. The number of nitriles is 1. The fraction of sp³-hybridized carbons (Fsp3) is 0.185. The molecule has 6 nitrogen and oxygen atoms in total. The Morgan fingerprint density at radius 1 is 1.22 bits per heavy atom. The van der Waals surface area contributed by atoms with Gasteiger partial charge >= 0.3 is 0 Å². The van der Waals surface area contributed by atoms with Crippen LogP contribution in [0.3, 0.4) is 0 Å². The van der Waals surface area contributed by atoms with Gasteiger partial charge in [-0.2, -0.15) is 15.0 Å². The topological polar surface area (TPSA) is 80.3 Å². The quantitative estimate of drug-likeness (QED) is 0.200. The summed E-state index contributed by atoms with van der Waals surface area (Å²) in [7, 11) is 0. The Morgan fingerprint density at radius 2 is 2.00 bits per heavy atom. The molecule has 0 saturated carbocycles. The number of halogens is 3. The Labute approximate surface area is 230 Å². The molecule has 1 aromatic heterocycles. The highest BCUT2D eigenvalue weighted by Crippen LogP contribution is 2.35. The SMILES string of the molecule is CC[C@@H](C)c1nc2ccc(Br)cc2c(=O)n1N=Cc1cc(Cl)c(OCc2ccccc2C#N)c(Br)c1. The second-order valence-electron chi connectivity index (χ2n) is 8.17. The second kappa shape index (κ2) is 11.4. The number of hydrogen-bond acceptors (Lipinski definition) is 5. The van der Waals surface area contributed by atoms with E-state index in [0.29, 0.717) is 43.1 Å². The molecule has 0 saturated heterocycles. The van der Waals surface area contributed by atoms with Crippen molar-refractivity contribution in [2.45, 2.75) is 32.8 Å². The lowest BCUT2D eigenvalue weighted by Crippen LogP contribution is -2.23. The number of benzene rings is 3. The van der Waals surface area contributed by atoms with Crippen LogP contribution in [0, 0.1) is 11.3 Å². The van der Waals surface area contributed by atoms with Gasteiger partial charge in [0, 0.05) is 16.0 Å². The fourth-order valence-electron chi connectivity index (χ4n) is 3.60. The first-order valence-corrected chi connectivity index (χ1v) is 13.1. The molecule has 0 radical (unpaired) electrons. The van der Waals surface area contributed by atoms with Gasteiger partial charge in [-0.1, -0.05) is 59.6 Å². The summed E-state index contributed by atoms with van der Waals surface area (Å²) in [5, 5.41) is 14.6. The average molecular weight is 629 g/mol. The smallest absolute Gasteiger partial charge is 0.282 e. The van der Waals surface area contributed by atoms with E-state index in [-0.39, 0.29) is 18.1 Å². The Morgan fingerprint density at radius 3 is 2.72 bits per heavy atom. The molecule has 0 fully saturated rings. The highest BCUT2D eigenvalue weighted by molar-refractivity contribution is 9.10. The maximum atomic E-state index is 13.3. The highest BCUT2D eigenvalue weighted by Gasteiger charge is 2.16. The van der Waals surface area contributed by atoms with Crippen molar-refractivity contribution in [2.24, 2.45) is 5.10 Å². The van der Waals surface area contributed by atoms with E-state index in [4.69, 9.17) is 21.3 Å². The highest BCUT2D eigenvalue weighted by atomic mass is 79.9.